The molecule has 0 bridgehead atoms. The molecule has 0 aliphatic rings. The van der Waals surface area contributed by atoms with Gasteiger partial charge in [0.2, 0.25) is 0 Å². The van der Waals surface area contributed by atoms with E-state index in [4.69, 9.17) is 4.74 Å². The van der Waals surface area contributed by atoms with Crippen molar-refractivity contribution in [3.63, 3.8) is 0 Å². The van der Waals surface area contributed by atoms with Crippen molar-refractivity contribution in [1.82, 2.24) is 18.7 Å². The number of ether oxygens (including phenoxy) is 1. The van der Waals surface area contributed by atoms with Gasteiger partial charge in [-0.1, -0.05) is 12.1 Å². The maximum Gasteiger partial charge on any atom is 0.332 e. The van der Waals surface area contributed by atoms with Crippen LogP contribution in [-0.4, -0.2) is 25.3 Å². The molecule has 8 heteroatoms. The monoisotopic (exact) mass is 420 g/mol. The minimum atomic E-state index is -0.394. The molecule has 0 amide bonds. The highest BCUT2D eigenvalue weighted by molar-refractivity contribution is 9.10. The van der Waals surface area contributed by atoms with Crippen LogP contribution in [0, 0.1) is 13.8 Å². The summed E-state index contributed by atoms with van der Waals surface area (Å²) in [6.45, 7) is 5.14. The Morgan fingerprint density at radius 1 is 1.15 bits per heavy atom. The van der Waals surface area contributed by atoms with Gasteiger partial charge in [0.1, 0.15) is 5.75 Å². The second-order valence-electron chi connectivity index (χ2n) is 6.38. The van der Waals surface area contributed by atoms with Crippen LogP contribution in [0.1, 0.15) is 17.5 Å². The quantitative estimate of drug-likeness (QED) is 0.468. The molecule has 0 aliphatic heterocycles. The average Bonchev–Trinajstić information content (AvgIpc) is 2.94. The first-order valence-corrected chi connectivity index (χ1v) is 9.12. The first-order valence-electron chi connectivity index (χ1n) is 8.33. The maximum absolute atomic E-state index is 12.3. The summed E-state index contributed by atoms with van der Waals surface area (Å²) in [7, 11) is 3.09. The van der Waals surface area contributed by atoms with Crippen molar-refractivity contribution in [3.8, 4) is 5.75 Å². The number of halogens is 1. The molecule has 0 atom stereocenters. The highest BCUT2D eigenvalue weighted by atomic mass is 79.9. The number of hydrogen-bond donors (Lipinski definition) is 0. The van der Waals surface area contributed by atoms with Crippen LogP contribution >= 0.6 is 15.9 Å². The normalized spacial score (nSPS) is 11.3. The standard InChI is InChI=1S/C18H21BrN4O3/c1-11-6-7-12(2)13(10-11)26-9-5-8-23-15-14(20-17(23)19)16(24)22(4)18(25)21(15)3/h6-7,10H,5,8-9H2,1-4H3. The Hall–Kier alpha value is -2.35. The number of aromatic nitrogens is 4. The van der Waals surface area contributed by atoms with Gasteiger partial charge in [0.05, 0.1) is 6.61 Å². The van der Waals surface area contributed by atoms with Crippen molar-refractivity contribution < 1.29 is 4.74 Å². The van der Waals surface area contributed by atoms with E-state index >= 15 is 0 Å². The smallest absolute Gasteiger partial charge is 0.332 e. The van der Waals surface area contributed by atoms with Crippen LogP contribution in [0.15, 0.2) is 32.5 Å². The highest BCUT2D eigenvalue weighted by Crippen LogP contribution is 2.20. The summed E-state index contributed by atoms with van der Waals surface area (Å²) in [5.74, 6) is 0.876. The molecule has 3 rings (SSSR count). The fourth-order valence-corrected chi connectivity index (χ4v) is 3.45. The van der Waals surface area contributed by atoms with Gasteiger partial charge in [-0.3, -0.25) is 13.9 Å². The molecule has 0 saturated heterocycles. The van der Waals surface area contributed by atoms with Gasteiger partial charge >= 0.3 is 5.69 Å². The largest absolute Gasteiger partial charge is 0.493 e. The number of fused-ring (bicyclic) bond motifs is 1. The van der Waals surface area contributed by atoms with Gasteiger partial charge in [-0.05, 0) is 53.4 Å². The zero-order valence-electron chi connectivity index (χ0n) is 15.2. The van der Waals surface area contributed by atoms with Crippen LogP contribution in [0.5, 0.6) is 5.75 Å². The first-order chi connectivity index (χ1) is 12.3. The lowest BCUT2D eigenvalue weighted by Crippen LogP contribution is -2.37. The van der Waals surface area contributed by atoms with Crippen molar-refractivity contribution in [2.45, 2.75) is 26.8 Å². The number of hydrogen-bond acceptors (Lipinski definition) is 4. The molecular formula is C18H21BrN4O3. The molecule has 0 radical (unpaired) electrons. The lowest BCUT2D eigenvalue weighted by Gasteiger charge is -2.12. The topological polar surface area (TPSA) is 71.1 Å². The Balaban J connectivity index is 1.82. The lowest BCUT2D eigenvalue weighted by atomic mass is 10.1. The fraction of sp³-hybridized carbons (Fsp3) is 0.389. The van der Waals surface area contributed by atoms with E-state index in [0.29, 0.717) is 30.0 Å². The summed E-state index contributed by atoms with van der Waals surface area (Å²) < 4.78 is 10.7. The van der Waals surface area contributed by atoms with Crippen molar-refractivity contribution in [2.75, 3.05) is 6.61 Å². The summed E-state index contributed by atoms with van der Waals surface area (Å²) in [6.07, 6.45) is 0.709. The second-order valence-corrected chi connectivity index (χ2v) is 7.09. The molecule has 0 aliphatic carbocycles. The Labute approximate surface area is 159 Å². The number of benzene rings is 1. The predicted octanol–water partition coefficient (Wildman–Crippen LogP) is 2.28. The van der Waals surface area contributed by atoms with Crippen molar-refractivity contribution in [3.05, 3.63) is 54.9 Å². The van der Waals surface area contributed by atoms with Crippen LogP contribution in [0.2, 0.25) is 0 Å². The maximum atomic E-state index is 12.3. The van der Waals surface area contributed by atoms with Gasteiger partial charge < -0.3 is 9.30 Å². The third-order valence-corrected chi connectivity index (χ3v) is 5.03. The molecular weight excluding hydrogens is 400 g/mol. The van der Waals surface area contributed by atoms with Gasteiger partial charge in [-0.15, -0.1) is 0 Å². The molecule has 0 spiro atoms. The van der Waals surface area contributed by atoms with Gasteiger partial charge in [0.15, 0.2) is 15.9 Å². The molecule has 0 unspecified atom stereocenters. The zero-order valence-corrected chi connectivity index (χ0v) is 16.8. The van der Waals surface area contributed by atoms with E-state index in [1.165, 1.54) is 11.6 Å². The lowest BCUT2D eigenvalue weighted by molar-refractivity contribution is 0.299. The van der Waals surface area contributed by atoms with Crippen molar-refractivity contribution in [1.29, 1.82) is 0 Å². The molecule has 7 nitrogen and oxygen atoms in total. The molecule has 2 aromatic heterocycles. The third-order valence-electron chi connectivity index (χ3n) is 4.42. The molecule has 0 saturated carbocycles. The Morgan fingerprint density at radius 2 is 1.88 bits per heavy atom. The van der Waals surface area contributed by atoms with E-state index in [9.17, 15) is 9.59 Å². The van der Waals surface area contributed by atoms with Gasteiger partial charge in [-0.25, -0.2) is 9.78 Å². The van der Waals surface area contributed by atoms with Crippen LogP contribution in [0.25, 0.3) is 11.2 Å². The molecule has 0 fully saturated rings. The van der Waals surface area contributed by atoms with E-state index in [1.807, 2.05) is 30.5 Å². The van der Waals surface area contributed by atoms with E-state index in [-0.39, 0.29) is 11.2 Å². The Bertz CT molecular complexity index is 1090. The van der Waals surface area contributed by atoms with Gasteiger partial charge in [0, 0.05) is 20.6 Å². The third kappa shape index (κ3) is 3.21. The Morgan fingerprint density at radius 3 is 2.62 bits per heavy atom. The van der Waals surface area contributed by atoms with E-state index < -0.39 is 5.56 Å². The zero-order chi connectivity index (χ0) is 19.0. The highest BCUT2D eigenvalue weighted by Gasteiger charge is 2.17. The number of nitrogens with zero attached hydrogens (tertiary/aromatic N) is 4. The number of rotatable bonds is 5. The summed E-state index contributed by atoms with van der Waals surface area (Å²) in [6, 6.07) is 6.11. The second kappa shape index (κ2) is 7.11. The average molecular weight is 421 g/mol. The van der Waals surface area contributed by atoms with E-state index in [0.717, 1.165) is 21.4 Å². The summed E-state index contributed by atoms with van der Waals surface area (Å²) in [5.41, 5.74) is 2.26. The van der Waals surface area contributed by atoms with Crippen LogP contribution in [-0.2, 0) is 20.6 Å². The van der Waals surface area contributed by atoms with Gasteiger partial charge in [0.25, 0.3) is 5.56 Å². The van der Waals surface area contributed by atoms with Crippen LogP contribution in [0.3, 0.4) is 0 Å². The van der Waals surface area contributed by atoms with E-state index in [2.05, 4.69) is 27.0 Å². The Kier molecular flexibility index (Phi) is 5.04. The summed E-state index contributed by atoms with van der Waals surface area (Å²) >= 11 is 3.39. The van der Waals surface area contributed by atoms with Gasteiger partial charge in [-0.2, -0.15) is 0 Å². The molecule has 26 heavy (non-hydrogen) atoms. The first kappa shape index (κ1) is 18.4. The molecule has 1 aromatic carbocycles. The molecule has 3 aromatic rings. The molecule has 0 N–H and O–H groups in total. The SMILES string of the molecule is Cc1ccc(C)c(OCCCn2c(Br)nc3c(=O)n(C)c(=O)n(C)c32)c1. The van der Waals surface area contributed by atoms with E-state index in [1.54, 1.807) is 7.05 Å². The van der Waals surface area contributed by atoms with Crippen LogP contribution < -0.4 is 16.0 Å². The molecule has 138 valence electrons. The minimum absolute atomic E-state index is 0.275. The predicted molar refractivity (Wildman–Crippen MR) is 104 cm³/mol. The van der Waals surface area contributed by atoms with Crippen LogP contribution in [0.4, 0.5) is 0 Å². The molecule has 2 heterocycles. The number of imidazole rings is 1. The number of aryl methyl sites for hydroxylation is 4. The minimum Gasteiger partial charge on any atom is -0.493 e. The summed E-state index contributed by atoms with van der Waals surface area (Å²) in [4.78, 5) is 28.8. The van der Waals surface area contributed by atoms with Crippen molar-refractivity contribution in [2.24, 2.45) is 14.1 Å². The van der Waals surface area contributed by atoms with Crippen molar-refractivity contribution >= 4 is 27.1 Å². The summed E-state index contributed by atoms with van der Waals surface area (Å²) in [5, 5.41) is 0. The fourth-order valence-electron chi connectivity index (χ4n) is 2.93.